The van der Waals surface area contributed by atoms with Crippen LogP contribution in [0.25, 0.3) is 0 Å². The largest absolute Gasteiger partial charge is 0.326 e. The first-order valence-electron chi connectivity index (χ1n) is 11.5. The number of hydrazone groups is 1. The summed E-state index contributed by atoms with van der Waals surface area (Å²) in [5.74, 6) is -0.391. The minimum atomic E-state index is -1.26. The first kappa shape index (κ1) is 22.3. The van der Waals surface area contributed by atoms with Gasteiger partial charge in [-0.1, -0.05) is 90.5 Å². The number of benzene rings is 4. The number of hydrogen-bond acceptors (Lipinski definition) is 4. The molecule has 0 bridgehead atoms. The van der Waals surface area contributed by atoms with Crippen LogP contribution in [0.1, 0.15) is 33.5 Å². The third-order valence-corrected chi connectivity index (χ3v) is 6.32. The van der Waals surface area contributed by atoms with E-state index in [0.717, 1.165) is 22.4 Å². The smallest absolute Gasteiger partial charge is 0.226 e. The summed E-state index contributed by atoms with van der Waals surface area (Å²) in [5.41, 5.74) is 6.99. The lowest BCUT2D eigenvalue weighted by Crippen LogP contribution is -2.42. The molecule has 0 saturated carbocycles. The lowest BCUT2D eigenvalue weighted by Gasteiger charge is -2.28. The van der Waals surface area contributed by atoms with Crippen LogP contribution in [0.5, 0.6) is 0 Å². The fourth-order valence-electron chi connectivity index (χ4n) is 4.58. The molecule has 1 unspecified atom stereocenters. The number of fused-ring (bicyclic) bond motifs is 1. The normalized spacial score (nSPS) is 17.7. The number of nitrogens with one attached hydrogen (secondary N) is 2. The molecule has 2 N–H and O–H groups in total. The minimum absolute atomic E-state index is 0.0757. The Hall–Kier alpha value is -4.51. The monoisotopic (exact) mass is 459 g/mol. The van der Waals surface area contributed by atoms with Crippen molar-refractivity contribution in [1.82, 2.24) is 0 Å². The number of carbonyl (C=O) groups excluding carboxylic acids is 2. The SMILES string of the molecule is Cc1ccc(NC(=O)CC2(c3ccccc3)C(=O)c3ccccc3C2=NNc2ccccc2)cc1. The number of aryl methyl sites for hydroxylation is 1. The third-order valence-electron chi connectivity index (χ3n) is 6.32. The summed E-state index contributed by atoms with van der Waals surface area (Å²) in [6.07, 6.45) is -0.0757. The lowest BCUT2D eigenvalue weighted by atomic mass is 9.72. The zero-order valence-corrected chi connectivity index (χ0v) is 19.4. The quantitative estimate of drug-likeness (QED) is 0.349. The highest BCUT2D eigenvalue weighted by atomic mass is 16.2. The zero-order chi connectivity index (χ0) is 24.3. The van der Waals surface area contributed by atoms with Crippen molar-refractivity contribution in [1.29, 1.82) is 0 Å². The number of rotatable bonds is 6. The Kier molecular flexibility index (Phi) is 5.98. The van der Waals surface area contributed by atoms with Gasteiger partial charge in [-0.15, -0.1) is 0 Å². The number of para-hydroxylation sites is 1. The van der Waals surface area contributed by atoms with Crippen LogP contribution in [0.3, 0.4) is 0 Å². The summed E-state index contributed by atoms with van der Waals surface area (Å²) in [4.78, 5) is 27.5. The second-order valence-electron chi connectivity index (χ2n) is 8.68. The van der Waals surface area contributed by atoms with Crippen molar-refractivity contribution in [2.45, 2.75) is 18.8 Å². The lowest BCUT2D eigenvalue weighted by molar-refractivity contribution is -0.116. The number of ketones is 1. The number of Topliss-reactive ketones (excluding diaryl/α,β-unsaturated/α-hetero) is 1. The molecule has 0 spiro atoms. The van der Waals surface area contributed by atoms with Crippen LogP contribution in [0, 0.1) is 6.92 Å². The number of hydrogen-bond donors (Lipinski definition) is 2. The van der Waals surface area contributed by atoms with Crippen molar-refractivity contribution in [3.05, 3.63) is 131 Å². The van der Waals surface area contributed by atoms with Crippen LogP contribution in [-0.2, 0) is 10.2 Å². The van der Waals surface area contributed by atoms with Crippen LogP contribution in [0.4, 0.5) is 11.4 Å². The van der Waals surface area contributed by atoms with E-state index in [9.17, 15) is 9.59 Å². The van der Waals surface area contributed by atoms with E-state index in [1.807, 2.05) is 110 Å². The summed E-state index contributed by atoms with van der Waals surface area (Å²) in [6, 6.07) is 34.0. The second-order valence-corrected chi connectivity index (χ2v) is 8.68. The van der Waals surface area contributed by atoms with Gasteiger partial charge in [0.2, 0.25) is 5.91 Å². The maximum absolute atomic E-state index is 14.1. The predicted octanol–water partition coefficient (Wildman–Crippen LogP) is 5.97. The van der Waals surface area contributed by atoms with Crippen molar-refractivity contribution in [2.24, 2.45) is 5.10 Å². The van der Waals surface area contributed by atoms with Gasteiger partial charge in [-0.3, -0.25) is 15.0 Å². The van der Waals surface area contributed by atoms with Crippen LogP contribution >= 0.6 is 0 Å². The predicted molar refractivity (Wildman–Crippen MR) is 140 cm³/mol. The average molecular weight is 460 g/mol. The first-order valence-corrected chi connectivity index (χ1v) is 11.5. The molecule has 1 amide bonds. The van der Waals surface area contributed by atoms with Gasteiger partial charge in [-0.05, 0) is 36.8 Å². The fourth-order valence-corrected chi connectivity index (χ4v) is 4.58. The highest BCUT2D eigenvalue weighted by Crippen LogP contribution is 2.43. The third kappa shape index (κ3) is 4.24. The maximum atomic E-state index is 14.1. The number of nitrogens with zero attached hydrogens (tertiary/aromatic N) is 1. The maximum Gasteiger partial charge on any atom is 0.226 e. The molecular formula is C30H25N3O2. The number of carbonyl (C=O) groups is 2. The molecule has 0 aliphatic heterocycles. The Morgan fingerprint density at radius 1 is 0.743 bits per heavy atom. The molecule has 0 aromatic heterocycles. The molecule has 0 heterocycles. The molecular weight excluding hydrogens is 434 g/mol. The van der Waals surface area contributed by atoms with Crippen molar-refractivity contribution in [2.75, 3.05) is 10.7 Å². The molecule has 35 heavy (non-hydrogen) atoms. The van der Waals surface area contributed by atoms with Gasteiger partial charge in [0.05, 0.1) is 11.4 Å². The van der Waals surface area contributed by atoms with E-state index < -0.39 is 5.41 Å². The van der Waals surface area contributed by atoms with E-state index in [1.165, 1.54) is 0 Å². The van der Waals surface area contributed by atoms with Crippen molar-refractivity contribution < 1.29 is 9.59 Å². The van der Waals surface area contributed by atoms with Crippen LogP contribution in [0.15, 0.2) is 114 Å². The molecule has 5 rings (SSSR count). The average Bonchev–Trinajstić information content (AvgIpc) is 3.13. The molecule has 5 heteroatoms. The fraction of sp³-hybridized carbons (Fsp3) is 0.100. The standard InChI is InChI=1S/C30H25N3O2/c1-21-16-18-23(19-17-21)31-27(34)20-30(22-10-4-2-5-11-22)28(33-32-24-12-6-3-7-13-24)25-14-8-9-15-26(25)29(30)35/h2-19,32H,20H2,1H3,(H,31,34). The van der Waals surface area contributed by atoms with E-state index in [2.05, 4.69) is 10.7 Å². The van der Waals surface area contributed by atoms with E-state index >= 15 is 0 Å². The highest BCUT2D eigenvalue weighted by Gasteiger charge is 2.53. The van der Waals surface area contributed by atoms with Crippen LogP contribution in [0.2, 0.25) is 0 Å². The summed E-state index contributed by atoms with van der Waals surface area (Å²) < 4.78 is 0. The second kappa shape index (κ2) is 9.39. The topological polar surface area (TPSA) is 70.6 Å². The van der Waals surface area contributed by atoms with Crippen molar-refractivity contribution >= 4 is 28.8 Å². The van der Waals surface area contributed by atoms with Crippen LogP contribution < -0.4 is 10.7 Å². The Bertz CT molecular complexity index is 1400. The van der Waals surface area contributed by atoms with Gasteiger partial charge in [0.15, 0.2) is 5.78 Å². The summed E-state index contributed by atoms with van der Waals surface area (Å²) in [7, 11) is 0. The van der Waals surface area contributed by atoms with Crippen molar-refractivity contribution in [3.63, 3.8) is 0 Å². The van der Waals surface area contributed by atoms with E-state index in [-0.39, 0.29) is 18.1 Å². The molecule has 0 saturated heterocycles. The summed E-state index contributed by atoms with van der Waals surface area (Å²) in [6.45, 7) is 1.99. The molecule has 172 valence electrons. The van der Waals surface area contributed by atoms with Gasteiger partial charge >= 0.3 is 0 Å². The molecule has 1 aliphatic carbocycles. The van der Waals surface area contributed by atoms with Gasteiger partial charge in [0.25, 0.3) is 0 Å². The van der Waals surface area contributed by atoms with Crippen LogP contribution in [-0.4, -0.2) is 17.4 Å². The van der Waals surface area contributed by atoms with Gasteiger partial charge in [0.1, 0.15) is 5.41 Å². The molecule has 1 aliphatic rings. The molecule has 5 nitrogen and oxygen atoms in total. The molecule has 4 aromatic carbocycles. The molecule has 4 aromatic rings. The van der Waals surface area contributed by atoms with Gasteiger partial charge in [0, 0.05) is 23.2 Å². The zero-order valence-electron chi connectivity index (χ0n) is 19.4. The Balaban J connectivity index is 1.61. The minimum Gasteiger partial charge on any atom is -0.326 e. The Morgan fingerprint density at radius 3 is 2.03 bits per heavy atom. The molecule has 1 atom stereocenters. The van der Waals surface area contributed by atoms with Crippen molar-refractivity contribution in [3.8, 4) is 0 Å². The summed E-state index contributed by atoms with van der Waals surface area (Å²) >= 11 is 0. The van der Waals surface area contributed by atoms with Gasteiger partial charge < -0.3 is 5.32 Å². The first-order chi connectivity index (χ1) is 17.1. The van der Waals surface area contributed by atoms with Gasteiger partial charge in [-0.25, -0.2) is 0 Å². The Labute approximate surface area is 204 Å². The molecule has 0 fully saturated rings. The van der Waals surface area contributed by atoms with E-state index in [4.69, 9.17) is 5.10 Å². The van der Waals surface area contributed by atoms with Gasteiger partial charge in [-0.2, -0.15) is 5.10 Å². The van der Waals surface area contributed by atoms with E-state index in [0.29, 0.717) is 17.0 Å². The Morgan fingerprint density at radius 2 is 1.34 bits per heavy atom. The number of anilines is 2. The van der Waals surface area contributed by atoms with E-state index in [1.54, 1.807) is 6.07 Å². The highest BCUT2D eigenvalue weighted by molar-refractivity contribution is 6.36. The summed E-state index contributed by atoms with van der Waals surface area (Å²) in [5, 5.41) is 7.72. The molecule has 0 radical (unpaired) electrons. The number of amides is 1.